The Bertz CT molecular complexity index is 440. The molecule has 2 N–H and O–H groups in total. The minimum absolute atomic E-state index is 0.354. The second kappa shape index (κ2) is 8.09. The molecule has 22 heavy (non-hydrogen) atoms. The van der Waals surface area contributed by atoms with Crippen molar-refractivity contribution in [2.24, 2.45) is 5.73 Å². The monoisotopic (exact) mass is 303 g/mol. The summed E-state index contributed by atoms with van der Waals surface area (Å²) in [6.45, 7) is 14.4. The van der Waals surface area contributed by atoms with Gasteiger partial charge in [-0.3, -0.25) is 9.80 Å². The first-order chi connectivity index (χ1) is 10.6. The lowest BCUT2D eigenvalue weighted by Gasteiger charge is -2.43. The lowest BCUT2D eigenvalue weighted by atomic mass is 9.97. The van der Waals surface area contributed by atoms with Crippen LogP contribution >= 0.6 is 0 Å². The molecular formula is C19H33N3. The van der Waals surface area contributed by atoms with Crippen LogP contribution in [-0.2, 0) is 0 Å². The van der Waals surface area contributed by atoms with E-state index in [0.29, 0.717) is 24.5 Å². The molecule has 0 aliphatic carbocycles. The second-order valence-corrected chi connectivity index (χ2v) is 6.95. The Kier molecular flexibility index (Phi) is 6.42. The molecule has 1 fully saturated rings. The number of rotatable bonds is 6. The Morgan fingerprint density at radius 2 is 1.77 bits per heavy atom. The maximum absolute atomic E-state index is 6.12. The molecule has 2 atom stereocenters. The van der Waals surface area contributed by atoms with E-state index in [-0.39, 0.29) is 0 Å². The summed E-state index contributed by atoms with van der Waals surface area (Å²) in [5.74, 6) is 0.586. The van der Waals surface area contributed by atoms with Crippen molar-refractivity contribution >= 4 is 0 Å². The highest BCUT2D eigenvalue weighted by molar-refractivity contribution is 5.27. The summed E-state index contributed by atoms with van der Waals surface area (Å²) in [4.78, 5) is 5.17. The summed E-state index contributed by atoms with van der Waals surface area (Å²) < 4.78 is 0. The Morgan fingerprint density at radius 1 is 1.14 bits per heavy atom. The molecule has 1 aliphatic rings. The van der Waals surface area contributed by atoms with Gasteiger partial charge in [0.25, 0.3) is 0 Å². The van der Waals surface area contributed by atoms with E-state index in [4.69, 9.17) is 5.73 Å². The summed E-state index contributed by atoms with van der Waals surface area (Å²) in [6.07, 6.45) is 1.24. The number of hydrogen-bond acceptors (Lipinski definition) is 3. The lowest BCUT2D eigenvalue weighted by Crippen LogP contribution is -2.53. The second-order valence-electron chi connectivity index (χ2n) is 6.95. The van der Waals surface area contributed by atoms with Crippen LogP contribution in [0.2, 0.25) is 0 Å². The summed E-state index contributed by atoms with van der Waals surface area (Å²) in [6, 6.07) is 10.1. The number of nitrogens with two attached hydrogens (primary N) is 1. The molecule has 0 radical (unpaired) electrons. The molecule has 3 heteroatoms. The minimum Gasteiger partial charge on any atom is -0.329 e. The summed E-state index contributed by atoms with van der Waals surface area (Å²) in [5.41, 5.74) is 8.88. The maximum atomic E-state index is 6.12. The fourth-order valence-electron chi connectivity index (χ4n) is 3.52. The van der Waals surface area contributed by atoms with Gasteiger partial charge in [0.2, 0.25) is 0 Å². The molecule has 1 heterocycles. The third-order valence-electron chi connectivity index (χ3n) is 4.96. The molecule has 1 aromatic carbocycles. The van der Waals surface area contributed by atoms with Crippen LogP contribution in [0.5, 0.6) is 0 Å². The summed E-state index contributed by atoms with van der Waals surface area (Å²) >= 11 is 0. The zero-order valence-electron chi connectivity index (χ0n) is 14.8. The predicted octanol–water partition coefficient (Wildman–Crippen LogP) is 3.23. The van der Waals surface area contributed by atoms with E-state index in [2.05, 4.69) is 61.8 Å². The Balaban J connectivity index is 2.05. The van der Waals surface area contributed by atoms with Crippen molar-refractivity contribution in [2.45, 2.75) is 52.1 Å². The number of piperazine rings is 1. The summed E-state index contributed by atoms with van der Waals surface area (Å²) in [7, 11) is 0. The standard InChI is InChI=1S/C19H33N3/c1-5-10-21-11-12-22(14-16(21)4)19(13-20)18-8-6-17(7-9-18)15(2)3/h6-9,15-16,19H,5,10-14,20H2,1-4H3. The molecule has 0 saturated carbocycles. The van der Waals surface area contributed by atoms with Crippen molar-refractivity contribution in [3.63, 3.8) is 0 Å². The van der Waals surface area contributed by atoms with Gasteiger partial charge in [0.05, 0.1) is 0 Å². The zero-order valence-corrected chi connectivity index (χ0v) is 14.8. The van der Waals surface area contributed by atoms with Crippen LogP contribution < -0.4 is 5.73 Å². The van der Waals surface area contributed by atoms with Gasteiger partial charge in [-0.1, -0.05) is 45.0 Å². The summed E-state index contributed by atoms with van der Waals surface area (Å²) in [5, 5.41) is 0. The van der Waals surface area contributed by atoms with Gasteiger partial charge in [-0.15, -0.1) is 0 Å². The fraction of sp³-hybridized carbons (Fsp3) is 0.684. The van der Waals surface area contributed by atoms with Crippen LogP contribution in [0.1, 0.15) is 57.2 Å². The SMILES string of the molecule is CCCN1CCN(C(CN)c2ccc(C(C)C)cc2)CC1C. The van der Waals surface area contributed by atoms with Gasteiger partial charge in [-0.05, 0) is 36.9 Å². The van der Waals surface area contributed by atoms with E-state index in [0.717, 1.165) is 19.6 Å². The van der Waals surface area contributed by atoms with E-state index in [9.17, 15) is 0 Å². The molecule has 1 aliphatic heterocycles. The number of benzene rings is 1. The predicted molar refractivity (Wildman–Crippen MR) is 95.2 cm³/mol. The van der Waals surface area contributed by atoms with Crippen molar-refractivity contribution in [3.8, 4) is 0 Å². The van der Waals surface area contributed by atoms with Crippen molar-refractivity contribution < 1.29 is 0 Å². The topological polar surface area (TPSA) is 32.5 Å². The van der Waals surface area contributed by atoms with Crippen molar-refractivity contribution in [3.05, 3.63) is 35.4 Å². The van der Waals surface area contributed by atoms with Gasteiger partial charge in [-0.2, -0.15) is 0 Å². The smallest absolute Gasteiger partial charge is 0.0471 e. The molecule has 0 amide bonds. The molecule has 1 aromatic rings. The first-order valence-electron chi connectivity index (χ1n) is 8.84. The van der Waals surface area contributed by atoms with Gasteiger partial charge >= 0.3 is 0 Å². The molecule has 1 saturated heterocycles. The largest absolute Gasteiger partial charge is 0.329 e. The average Bonchev–Trinajstić information content (AvgIpc) is 2.51. The number of nitrogens with zero attached hydrogens (tertiary/aromatic N) is 2. The average molecular weight is 303 g/mol. The van der Waals surface area contributed by atoms with Gasteiger partial charge in [0.15, 0.2) is 0 Å². The van der Waals surface area contributed by atoms with Crippen LogP contribution in [0.15, 0.2) is 24.3 Å². The van der Waals surface area contributed by atoms with Gasteiger partial charge in [0, 0.05) is 38.3 Å². The molecular weight excluding hydrogens is 270 g/mol. The molecule has 2 unspecified atom stereocenters. The number of hydrogen-bond donors (Lipinski definition) is 1. The molecule has 2 rings (SSSR count). The van der Waals surface area contributed by atoms with Crippen LogP contribution in [0.4, 0.5) is 0 Å². The van der Waals surface area contributed by atoms with Crippen LogP contribution in [0, 0.1) is 0 Å². The van der Waals surface area contributed by atoms with E-state index >= 15 is 0 Å². The van der Waals surface area contributed by atoms with E-state index in [1.807, 2.05) is 0 Å². The molecule has 3 nitrogen and oxygen atoms in total. The van der Waals surface area contributed by atoms with E-state index in [1.54, 1.807) is 0 Å². The van der Waals surface area contributed by atoms with Gasteiger partial charge < -0.3 is 5.73 Å². The van der Waals surface area contributed by atoms with E-state index in [1.165, 1.54) is 24.1 Å². The third kappa shape index (κ3) is 4.09. The Hall–Kier alpha value is -0.900. The van der Waals surface area contributed by atoms with Crippen LogP contribution in [-0.4, -0.2) is 48.6 Å². The quantitative estimate of drug-likeness (QED) is 0.876. The highest BCUT2D eigenvalue weighted by Crippen LogP contribution is 2.25. The molecule has 0 spiro atoms. The lowest BCUT2D eigenvalue weighted by molar-refractivity contribution is 0.0572. The van der Waals surface area contributed by atoms with Gasteiger partial charge in [0.1, 0.15) is 0 Å². The normalized spacial score (nSPS) is 22.2. The first kappa shape index (κ1) is 17.5. The minimum atomic E-state index is 0.354. The fourth-order valence-corrected chi connectivity index (χ4v) is 3.52. The molecule has 0 bridgehead atoms. The third-order valence-corrected chi connectivity index (χ3v) is 4.96. The molecule has 124 valence electrons. The zero-order chi connectivity index (χ0) is 16.1. The van der Waals surface area contributed by atoms with Crippen LogP contribution in [0.25, 0.3) is 0 Å². The molecule has 0 aromatic heterocycles. The highest BCUT2D eigenvalue weighted by Gasteiger charge is 2.28. The van der Waals surface area contributed by atoms with Crippen molar-refractivity contribution in [2.75, 3.05) is 32.7 Å². The first-order valence-corrected chi connectivity index (χ1v) is 8.84. The van der Waals surface area contributed by atoms with E-state index < -0.39 is 0 Å². The van der Waals surface area contributed by atoms with Crippen LogP contribution in [0.3, 0.4) is 0 Å². The van der Waals surface area contributed by atoms with Crippen molar-refractivity contribution in [1.29, 1.82) is 0 Å². The van der Waals surface area contributed by atoms with Crippen molar-refractivity contribution in [1.82, 2.24) is 9.80 Å². The Morgan fingerprint density at radius 3 is 2.27 bits per heavy atom. The Labute approximate surface area is 136 Å². The highest BCUT2D eigenvalue weighted by atomic mass is 15.3. The van der Waals surface area contributed by atoms with Gasteiger partial charge in [-0.25, -0.2) is 0 Å². The maximum Gasteiger partial charge on any atom is 0.0471 e.